The average molecular weight is 290 g/mol. The van der Waals surface area contributed by atoms with Crippen molar-refractivity contribution < 1.29 is 14.7 Å². The number of carboxylic acids is 1. The number of rotatable bonds is 4. The molecule has 0 aliphatic rings. The number of carbonyl (C=O) groups is 2. The van der Waals surface area contributed by atoms with Crippen molar-refractivity contribution in [1.29, 1.82) is 0 Å². The molecule has 1 aromatic carbocycles. The fourth-order valence-electron chi connectivity index (χ4n) is 1.43. The first-order valence-corrected chi connectivity index (χ1v) is 6.00. The van der Waals surface area contributed by atoms with Crippen LogP contribution >= 0.6 is 23.2 Å². The molecule has 0 aromatic heterocycles. The Morgan fingerprint density at radius 1 is 1.33 bits per heavy atom. The maximum Gasteiger partial charge on any atom is 0.315 e. The Balaban J connectivity index is 2.75. The van der Waals surface area contributed by atoms with Crippen LogP contribution in [0.1, 0.15) is 12.5 Å². The van der Waals surface area contributed by atoms with E-state index in [4.69, 9.17) is 28.3 Å². The maximum atomic E-state index is 11.7. The first-order chi connectivity index (χ1) is 8.32. The summed E-state index contributed by atoms with van der Waals surface area (Å²) in [6, 6.07) is 5.03. The van der Waals surface area contributed by atoms with Gasteiger partial charge in [0.25, 0.3) is 0 Å². The Kier molecular flexibility index (Phi) is 4.99. The largest absolute Gasteiger partial charge is 0.481 e. The third-order valence-corrected chi connectivity index (χ3v) is 3.26. The van der Waals surface area contributed by atoms with E-state index < -0.39 is 17.8 Å². The lowest BCUT2D eigenvalue weighted by molar-refractivity contribution is -0.149. The summed E-state index contributed by atoms with van der Waals surface area (Å²) in [5, 5.41) is 9.60. The predicted octanol–water partition coefficient (Wildman–Crippen LogP) is 2.67. The number of carboxylic acid groups (broad SMARTS) is 1. The second-order valence-electron chi connectivity index (χ2n) is 4.00. The van der Waals surface area contributed by atoms with Gasteiger partial charge in [0, 0.05) is 13.6 Å². The molecule has 1 unspecified atom stereocenters. The Morgan fingerprint density at radius 3 is 2.44 bits per heavy atom. The highest BCUT2D eigenvalue weighted by Gasteiger charge is 2.23. The molecule has 0 saturated carbocycles. The van der Waals surface area contributed by atoms with Crippen LogP contribution in [0.2, 0.25) is 10.0 Å². The molecule has 1 amide bonds. The van der Waals surface area contributed by atoms with Crippen LogP contribution in [-0.4, -0.2) is 28.9 Å². The summed E-state index contributed by atoms with van der Waals surface area (Å²) in [5.41, 5.74) is 0.790. The van der Waals surface area contributed by atoms with E-state index in [2.05, 4.69) is 0 Å². The van der Waals surface area contributed by atoms with E-state index >= 15 is 0 Å². The Hall–Kier alpha value is -1.26. The minimum atomic E-state index is -1.14. The van der Waals surface area contributed by atoms with E-state index in [9.17, 15) is 9.59 Å². The van der Waals surface area contributed by atoms with Crippen molar-refractivity contribution in [3.05, 3.63) is 33.8 Å². The first-order valence-electron chi connectivity index (χ1n) is 5.24. The zero-order valence-electron chi connectivity index (χ0n) is 9.98. The molecule has 1 atom stereocenters. The molecule has 0 heterocycles. The normalized spacial score (nSPS) is 12.0. The van der Waals surface area contributed by atoms with E-state index in [-0.39, 0.29) is 6.54 Å². The molecule has 0 fully saturated rings. The van der Waals surface area contributed by atoms with Gasteiger partial charge in [-0.15, -0.1) is 0 Å². The minimum Gasteiger partial charge on any atom is -0.481 e. The molecule has 0 aliphatic carbocycles. The molecule has 0 radical (unpaired) electrons. The van der Waals surface area contributed by atoms with Gasteiger partial charge in [0.1, 0.15) is 5.92 Å². The number of carbonyl (C=O) groups excluding carboxylic acids is 1. The standard InChI is InChI=1S/C12H13Cl2NO3/c1-7(12(17)18)11(16)15(2)6-8-3-4-9(13)10(14)5-8/h3-5,7H,6H2,1-2H3,(H,17,18). The van der Waals surface area contributed by atoms with Crippen LogP contribution in [0, 0.1) is 5.92 Å². The van der Waals surface area contributed by atoms with Crippen molar-refractivity contribution in [2.45, 2.75) is 13.5 Å². The summed E-state index contributed by atoms with van der Waals surface area (Å²) in [6.45, 7) is 1.64. The van der Waals surface area contributed by atoms with Gasteiger partial charge < -0.3 is 10.0 Å². The zero-order chi connectivity index (χ0) is 13.9. The molecule has 0 saturated heterocycles. The number of halogens is 2. The molecule has 18 heavy (non-hydrogen) atoms. The molecule has 0 aliphatic heterocycles. The van der Waals surface area contributed by atoms with Gasteiger partial charge in [-0.2, -0.15) is 0 Å². The zero-order valence-corrected chi connectivity index (χ0v) is 11.5. The molecule has 1 rings (SSSR count). The lowest BCUT2D eigenvalue weighted by atomic mass is 10.1. The van der Waals surface area contributed by atoms with E-state index in [1.165, 1.54) is 11.8 Å². The van der Waals surface area contributed by atoms with Crippen molar-refractivity contribution in [3.63, 3.8) is 0 Å². The van der Waals surface area contributed by atoms with Gasteiger partial charge in [-0.25, -0.2) is 0 Å². The molecule has 0 bridgehead atoms. The molecule has 4 nitrogen and oxygen atoms in total. The van der Waals surface area contributed by atoms with Gasteiger partial charge in [-0.3, -0.25) is 9.59 Å². The van der Waals surface area contributed by atoms with Gasteiger partial charge >= 0.3 is 5.97 Å². The summed E-state index contributed by atoms with van der Waals surface area (Å²) in [4.78, 5) is 23.8. The second-order valence-corrected chi connectivity index (χ2v) is 4.82. The van der Waals surface area contributed by atoms with Crippen LogP contribution in [0.15, 0.2) is 18.2 Å². The third-order valence-electron chi connectivity index (χ3n) is 2.52. The van der Waals surface area contributed by atoms with Gasteiger partial charge in [-0.05, 0) is 24.6 Å². The van der Waals surface area contributed by atoms with Gasteiger partial charge in [-0.1, -0.05) is 29.3 Å². The fraction of sp³-hybridized carbons (Fsp3) is 0.333. The lowest BCUT2D eigenvalue weighted by Gasteiger charge is -2.19. The maximum absolute atomic E-state index is 11.7. The first kappa shape index (κ1) is 14.8. The van der Waals surface area contributed by atoms with Gasteiger partial charge in [0.15, 0.2) is 0 Å². The van der Waals surface area contributed by atoms with Gasteiger partial charge in [0.05, 0.1) is 10.0 Å². The van der Waals surface area contributed by atoms with Crippen LogP contribution in [0.25, 0.3) is 0 Å². The molecule has 6 heteroatoms. The van der Waals surface area contributed by atoms with Crippen LogP contribution < -0.4 is 0 Å². The van der Waals surface area contributed by atoms with Crippen LogP contribution in [0.3, 0.4) is 0 Å². The Labute approximate surface area is 115 Å². The highest BCUT2D eigenvalue weighted by Crippen LogP contribution is 2.23. The Bertz CT molecular complexity index is 476. The summed E-state index contributed by atoms with van der Waals surface area (Å²) in [6.07, 6.45) is 0. The Morgan fingerprint density at radius 2 is 1.94 bits per heavy atom. The SMILES string of the molecule is CC(C(=O)O)C(=O)N(C)Cc1ccc(Cl)c(Cl)c1. The number of hydrogen-bond donors (Lipinski definition) is 1. The summed E-state index contributed by atoms with van der Waals surface area (Å²) >= 11 is 11.6. The van der Waals surface area contributed by atoms with Crippen molar-refractivity contribution in [3.8, 4) is 0 Å². The monoisotopic (exact) mass is 289 g/mol. The third kappa shape index (κ3) is 3.62. The summed E-state index contributed by atoms with van der Waals surface area (Å²) in [5.74, 6) is -2.65. The van der Waals surface area contributed by atoms with Crippen LogP contribution in [-0.2, 0) is 16.1 Å². The average Bonchev–Trinajstić information content (AvgIpc) is 2.31. The number of hydrogen-bond acceptors (Lipinski definition) is 2. The smallest absolute Gasteiger partial charge is 0.315 e. The number of aliphatic carboxylic acids is 1. The molecular weight excluding hydrogens is 277 g/mol. The molecule has 1 N–H and O–H groups in total. The molecule has 98 valence electrons. The summed E-state index contributed by atoms with van der Waals surface area (Å²) in [7, 11) is 1.55. The predicted molar refractivity (Wildman–Crippen MR) is 69.7 cm³/mol. The number of amides is 1. The number of benzene rings is 1. The molecule has 1 aromatic rings. The quantitative estimate of drug-likeness (QED) is 0.867. The number of nitrogens with zero attached hydrogens (tertiary/aromatic N) is 1. The van der Waals surface area contributed by atoms with Gasteiger partial charge in [0.2, 0.25) is 5.91 Å². The van der Waals surface area contributed by atoms with E-state index in [0.717, 1.165) is 5.56 Å². The topological polar surface area (TPSA) is 57.6 Å². The van der Waals surface area contributed by atoms with E-state index in [1.54, 1.807) is 25.2 Å². The summed E-state index contributed by atoms with van der Waals surface area (Å²) < 4.78 is 0. The van der Waals surface area contributed by atoms with Crippen LogP contribution in [0.4, 0.5) is 0 Å². The lowest BCUT2D eigenvalue weighted by Crippen LogP contribution is -2.34. The minimum absolute atomic E-state index is 0.285. The van der Waals surface area contributed by atoms with Crippen LogP contribution in [0.5, 0.6) is 0 Å². The second kappa shape index (κ2) is 6.07. The van der Waals surface area contributed by atoms with Crippen molar-refractivity contribution >= 4 is 35.1 Å². The van der Waals surface area contributed by atoms with E-state index in [1.807, 2.05) is 0 Å². The molecular formula is C12H13Cl2NO3. The fourth-order valence-corrected chi connectivity index (χ4v) is 1.75. The molecule has 0 spiro atoms. The highest BCUT2D eigenvalue weighted by atomic mass is 35.5. The highest BCUT2D eigenvalue weighted by molar-refractivity contribution is 6.42. The van der Waals surface area contributed by atoms with Crippen molar-refractivity contribution in [1.82, 2.24) is 4.90 Å². The van der Waals surface area contributed by atoms with Crippen molar-refractivity contribution in [2.75, 3.05) is 7.05 Å². The van der Waals surface area contributed by atoms with Crippen molar-refractivity contribution in [2.24, 2.45) is 5.92 Å². The van der Waals surface area contributed by atoms with E-state index in [0.29, 0.717) is 10.0 Å².